The Bertz CT molecular complexity index is 2930. The van der Waals surface area contributed by atoms with Crippen LogP contribution in [0.4, 0.5) is 0 Å². The molecule has 47 heavy (non-hydrogen) atoms. The Hall–Kier alpha value is -5.90. The Kier molecular flexibility index (Phi) is 5.02. The van der Waals surface area contributed by atoms with Gasteiger partial charge in [-0.3, -0.25) is 0 Å². The zero-order valence-electron chi connectivity index (χ0n) is 25.1. The van der Waals surface area contributed by atoms with E-state index in [-0.39, 0.29) is 0 Å². The molecule has 0 bridgehead atoms. The smallest absolute Gasteiger partial charge is 0.147 e. The van der Waals surface area contributed by atoms with Crippen molar-refractivity contribution in [3.05, 3.63) is 146 Å². The Morgan fingerprint density at radius 2 is 0.787 bits per heavy atom. The van der Waals surface area contributed by atoms with E-state index >= 15 is 0 Å². The highest BCUT2D eigenvalue weighted by Gasteiger charge is 2.25. The van der Waals surface area contributed by atoms with Crippen LogP contribution in [0.15, 0.2) is 154 Å². The zero-order valence-corrected chi connectivity index (χ0v) is 25.9. The summed E-state index contributed by atoms with van der Waals surface area (Å²) >= 11 is 1.86. The largest absolute Gasteiger partial charge is 0.455 e. The number of hydrogen-bond donors (Lipinski definition) is 0. The molecule has 0 saturated carbocycles. The van der Waals surface area contributed by atoms with Gasteiger partial charge in [-0.1, -0.05) is 115 Å². The van der Waals surface area contributed by atoms with Gasteiger partial charge >= 0.3 is 0 Å². The first-order valence-corrected chi connectivity index (χ1v) is 16.7. The van der Waals surface area contributed by atoms with Crippen molar-refractivity contribution in [2.45, 2.75) is 0 Å². The molecule has 218 valence electrons. The summed E-state index contributed by atoms with van der Waals surface area (Å²) in [6.45, 7) is 0. The van der Waals surface area contributed by atoms with E-state index in [9.17, 15) is 0 Å². The molecule has 0 amide bonds. The monoisotopic (exact) mass is 616 g/mol. The van der Waals surface area contributed by atoms with Crippen LogP contribution in [0.1, 0.15) is 0 Å². The second-order valence-electron chi connectivity index (χ2n) is 12.4. The SMILES string of the molecule is c1ccc2c(c1)oc1c(-c3c4ccccc4c(-c4ccc5c(c4)sc4ccccc45)c4ccccc34)c3oc4ccccc4c3cc12. The fourth-order valence-corrected chi connectivity index (χ4v) is 9.00. The third-order valence-electron chi connectivity index (χ3n) is 9.86. The van der Waals surface area contributed by atoms with Gasteiger partial charge in [0.1, 0.15) is 22.3 Å². The number of rotatable bonds is 2. The van der Waals surface area contributed by atoms with Gasteiger partial charge in [0, 0.05) is 47.3 Å². The molecule has 0 aliphatic heterocycles. The van der Waals surface area contributed by atoms with Crippen LogP contribution in [0.5, 0.6) is 0 Å². The molecular weight excluding hydrogens is 593 g/mol. The maximum Gasteiger partial charge on any atom is 0.147 e. The van der Waals surface area contributed by atoms with Gasteiger partial charge in [0.25, 0.3) is 0 Å². The minimum Gasteiger partial charge on any atom is -0.455 e. The normalized spacial score (nSPS) is 12.3. The Balaban J connectivity index is 1.32. The maximum atomic E-state index is 6.77. The average molecular weight is 617 g/mol. The van der Waals surface area contributed by atoms with Gasteiger partial charge in [0.15, 0.2) is 0 Å². The quantitative estimate of drug-likeness (QED) is 0.181. The predicted molar refractivity (Wildman–Crippen MR) is 200 cm³/mol. The highest BCUT2D eigenvalue weighted by atomic mass is 32.1. The van der Waals surface area contributed by atoms with E-state index in [1.54, 1.807) is 0 Å². The van der Waals surface area contributed by atoms with Crippen molar-refractivity contribution in [3.63, 3.8) is 0 Å². The third-order valence-corrected chi connectivity index (χ3v) is 11.0. The van der Waals surface area contributed by atoms with Crippen molar-refractivity contribution in [1.29, 1.82) is 0 Å². The van der Waals surface area contributed by atoms with Crippen LogP contribution in [0.2, 0.25) is 0 Å². The maximum absolute atomic E-state index is 6.77. The lowest BCUT2D eigenvalue weighted by molar-refractivity contribution is 0.658. The molecule has 0 unspecified atom stereocenters. The van der Waals surface area contributed by atoms with Gasteiger partial charge in [-0.2, -0.15) is 0 Å². The first kappa shape index (κ1) is 25.3. The lowest BCUT2D eigenvalue weighted by Gasteiger charge is -2.18. The molecule has 0 radical (unpaired) electrons. The number of para-hydroxylation sites is 2. The van der Waals surface area contributed by atoms with E-state index in [2.05, 4.69) is 133 Å². The van der Waals surface area contributed by atoms with Crippen molar-refractivity contribution in [3.8, 4) is 22.3 Å². The lowest BCUT2D eigenvalue weighted by atomic mass is 9.85. The van der Waals surface area contributed by atoms with Crippen molar-refractivity contribution in [2.75, 3.05) is 0 Å². The first-order chi connectivity index (χ1) is 23.3. The minimum absolute atomic E-state index is 0.854. The molecule has 0 aliphatic rings. The van der Waals surface area contributed by atoms with Crippen LogP contribution in [-0.2, 0) is 0 Å². The average Bonchev–Trinajstić information content (AvgIpc) is 3.81. The van der Waals surface area contributed by atoms with Gasteiger partial charge in [-0.05, 0) is 63.0 Å². The van der Waals surface area contributed by atoms with E-state index in [0.717, 1.165) is 55.0 Å². The van der Waals surface area contributed by atoms with E-state index in [4.69, 9.17) is 8.83 Å². The number of benzene rings is 8. The molecule has 8 aromatic carbocycles. The zero-order chi connectivity index (χ0) is 30.6. The molecule has 0 N–H and O–H groups in total. The van der Waals surface area contributed by atoms with Gasteiger partial charge in [0.05, 0.1) is 5.56 Å². The van der Waals surface area contributed by atoms with Crippen LogP contribution >= 0.6 is 11.3 Å². The summed E-state index contributed by atoms with van der Waals surface area (Å²) in [5.74, 6) is 0. The molecule has 3 aromatic heterocycles. The number of thiophene rings is 1. The van der Waals surface area contributed by atoms with Gasteiger partial charge in [0.2, 0.25) is 0 Å². The van der Waals surface area contributed by atoms with E-state index < -0.39 is 0 Å². The molecule has 3 heterocycles. The van der Waals surface area contributed by atoms with Crippen LogP contribution in [0, 0.1) is 0 Å². The van der Waals surface area contributed by atoms with Crippen molar-refractivity contribution < 1.29 is 8.83 Å². The fourth-order valence-electron chi connectivity index (χ4n) is 7.85. The molecule has 0 fully saturated rings. The van der Waals surface area contributed by atoms with Crippen LogP contribution in [0.25, 0.3) is 108 Å². The summed E-state index contributed by atoms with van der Waals surface area (Å²) < 4.78 is 16.2. The molecule has 3 heteroatoms. The predicted octanol–water partition coefficient (Wildman–Crippen LogP) is 13.5. The standard InChI is InChI=1S/C44H24O2S/c1-3-16-32-30(14-1)40(25-21-22-29-28-13-7-10-20-38(28)47-39(29)23-25)31-15-2-4-17-33(31)41(32)42-43-34(26-11-5-8-18-36(26)45-43)24-35-27-12-6-9-19-37(27)46-44(35)42/h1-24H. The van der Waals surface area contributed by atoms with Crippen LogP contribution in [0.3, 0.4) is 0 Å². The van der Waals surface area contributed by atoms with E-state index in [1.165, 1.54) is 52.8 Å². The number of hydrogen-bond acceptors (Lipinski definition) is 3. The summed E-state index contributed by atoms with van der Waals surface area (Å²) in [6, 6.07) is 52.3. The highest BCUT2D eigenvalue weighted by Crippen LogP contribution is 2.51. The highest BCUT2D eigenvalue weighted by molar-refractivity contribution is 7.25. The van der Waals surface area contributed by atoms with E-state index in [1.807, 2.05) is 23.5 Å². The summed E-state index contributed by atoms with van der Waals surface area (Å²) in [5.41, 5.74) is 8.07. The summed E-state index contributed by atoms with van der Waals surface area (Å²) in [6.07, 6.45) is 0. The van der Waals surface area contributed by atoms with Crippen molar-refractivity contribution in [2.24, 2.45) is 0 Å². The van der Waals surface area contributed by atoms with Gasteiger partial charge in [-0.15, -0.1) is 11.3 Å². The third kappa shape index (κ3) is 3.44. The van der Waals surface area contributed by atoms with Gasteiger partial charge < -0.3 is 8.83 Å². The second kappa shape index (κ2) is 9.32. The Morgan fingerprint density at radius 3 is 1.38 bits per heavy atom. The summed E-state index contributed by atoms with van der Waals surface area (Å²) in [4.78, 5) is 0. The molecule has 0 saturated heterocycles. The Labute approximate surface area is 272 Å². The molecule has 0 aliphatic carbocycles. The lowest BCUT2D eigenvalue weighted by Crippen LogP contribution is -1.91. The summed E-state index contributed by atoms with van der Waals surface area (Å²) in [5, 5.41) is 11.8. The topological polar surface area (TPSA) is 26.3 Å². The first-order valence-electron chi connectivity index (χ1n) is 15.9. The second-order valence-corrected chi connectivity index (χ2v) is 13.4. The molecule has 0 atom stereocenters. The van der Waals surface area contributed by atoms with Crippen LogP contribution in [-0.4, -0.2) is 0 Å². The van der Waals surface area contributed by atoms with E-state index in [0.29, 0.717) is 0 Å². The molecule has 2 nitrogen and oxygen atoms in total. The van der Waals surface area contributed by atoms with Crippen molar-refractivity contribution >= 4 is 96.9 Å². The number of furan rings is 2. The molecule has 11 rings (SSSR count). The molecule has 11 aromatic rings. The molecular formula is C44H24O2S. The minimum atomic E-state index is 0.854. The Morgan fingerprint density at radius 1 is 0.319 bits per heavy atom. The van der Waals surface area contributed by atoms with Crippen LogP contribution < -0.4 is 0 Å². The van der Waals surface area contributed by atoms with Gasteiger partial charge in [-0.25, -0.2) is 0 Å². The summed E-state index contributed by atoms with van der Waals surface area (Å²) in [7, 11) is 0. The number of fused-ring (bicyclic) bond motifs is 11. The van der Waals surface area contributed by atoms with Crippen molar-refractivity contribution in [1.82, 2.24) is 0 Å². The fraction of sp³-hybridized carbons (Fsp3) is 0. The molecule has 0 spiro atoms.